The Bertz CT molecular complexity index is 1560. The maximum absolute atomic E-state index is 13.4. The predicted octanol–water partition coefficient (Wildman–Crippen LogP) is 5.69. The highest BCUT2D eigenvalue weighted by Gasteiger charge is 2.48. The van der Waals surface area contributed by atoms with Gasteiger partial charge in [0, 0.05) is 10.6 Å². The second-order valence-corrected chi connectivity index (χ2v) is 9.61. The zero-order chi connectivity index (χ0) is 26.3. The lowest BCUT2D eigenvalue weighted by atomic mass is 9.95. The average Bonchev–Trinajstić information content (AvgIpc) is 3.42. The van der Waals surface area contributed by atoms with Gasteiger partial charge < -0.3 is 19.7 Å². The van der Waals surface area contributed by atoms with Crippen molar-refractivity contribution in [2.75, 3.05) is 18.6 Å². The first-order chi connectivity index (χ1) is 17.8. The summed E-state index contributed by atoms with van der Waals surface area (Å²) in [5.41, 5.74) is 1.28. The fourth-order valence-electron chi connectivity index (χ4n) is 4.23. The number of carbonyl (C=O) groups is 2. The maximum Gasteiger partial charge on any atom is 0.301 e. The number of aliphatic hydroxyl groups excluding tert-OH is 1. The number of anilines is 1. The van der Waals surface area contributed by atoms with Crippen LogP contribution in [-0.4, -0.2) is 40.6 Å². The quantitative estimate of drug-likeness (QED) is 0.185. The average molecular weight is 537 g/mol. The molecule has 0 saturated carbocycles. The highest BCUT2D eigenvalue weighted by molar-refractivity contribution is 7.22. The first-order valence-electron chi connectivity index (χ1n) is 11.3. The van der Waals surface area contributed by atoms with E-state index in [1.54, 1.807) is 48.5 Å². The number of ketones is 1. The largest absolute Gasteiger partial charge is 0.507 e. The number of nitrogens with zero attached hydrogens (tertiary/aromatic N) is 2. The van der Waals surface area contributed by atoms with Crippen molar-refractivity contribution in [3.63, 3.8) is 0 Å². The van der Waals surface area contributed by atoms with E-state index in [1.165, 1.54) is 35.5 Å². The Balaban J connectivity index is 1.71. The molecular weight excluding hydrogens is 516 g/mol. The Labute approximate surface area is 221 Å². The number of aromatic hydroxyl groups is 1. The van der Waals surface area contributed by atoms with Crippen molar-refractivity contribution in [3.05, 3.63) is 82.4 Å². The summed E-state index contributed by atoms with van der Waals surface area (Å²) in [5, 5.41) is 22.2. The lowest BCUT2D eigenvalue weighted by Gasteiger charge is -2.23. The summed E-state index contributed by atoms with van der Waals surface area (Å²) in [4.78, 5) is 32.6. The Hall–Kier alpha value is -4.08. The van der Waals surface area contributed by atoms with Crippen molar-refractivity contribution in [1.29, 1.82) is 0 Å². The van der Waals surface area contributed by atoms with Gasteiger partial charge in [-0.2, -0.15) is 0 Å². The van der Waals surface area contributed by atoms with Gasteiger partial charge in [-0.25, -0.2) is 4.98 Å². The minimum absolute atomic E-state index is 0.107. The van der Waals surface area contributed by atoms with Gasteiger partial charge in [0.1, 0.15) is 11.5 Å². The molecule has 2 N–H and O–H groups in total. The van der Waals surface area contributed by atoms with E-state index in [9.17, 15) is 19.8 Å². The molecule has 188 valence electrons. The number of halogens is 1. The highest BCUT2D eigenvalue weighted by atomic mass is 35.5. The number of hydrogen-bond acceptors (Lipinski definition) is 8. The number of aliphatic hydroxyl groups is 1. The number of benzene rings is 3. The molecule has 5 rings (SSSR count). The van der Waals surface area contributed by atoms with E-state index in [4.69, 9.17) is 21.1 Å². The van der Waals surface area contributed by atoms with E-state index in [1.807, 2.05) is 6.92 Å². The molecule has 1 aliphatic heterocycles. The third kappa shape index (κ3) is 4.36. The molecule has 4 aromatic rings. The van der Waals surface area contributed by atoms with Crippen LogP contribution < -0.4 is 14.4 Å². The van der Waals surface area contributed by atoms with E-state index in [0.29, 0.717) is 34.0 Å². The van der Waals surface area contributed by atoms with E-state index in [2.05, 4.69) is 4.98 Å². The Morgan fingerprint density at radius 3 is 2.57 bits per heavy atom. The molecule has 0 bridgehead atoms. The molecule has 0 spiro atoms. The number of amides is 1. The number of hydrogen-bond donors (Lipinski definition) is 2. The topological polar surface area (TPSA) is 109 Å². The van der Waals surface area contributed by atoms with Crippen LogP contribution in [0.2, 0.25) is 5.02 Å². The van der Waals surface area contributed by atoms with Crippen molar-refractivity contribution < 1.29 is 29.3 Å². The molecule has 10 heteroatoms. The van der Waals surface area contributed by atoms with Crippen LogP contribution in [0, 0.1) is 0 Å². The van der Waals surface area contributed by atoms with Gasteiger partial charge >= 0.3 is 5.91 Å². The van der Waals surface area contributed by atoms with Crippen molar-refractivity contribution in [1.82, 2.24) is 4.98 Å². The van der Waals surface area contributed by atoms with E-state index in [-0.39, 0.29) is 28.0 Å². The first-order valence-corrected chi connectivity index (χ1v) is 12.5. The molecule has 1 amide bonds. The van der Waals surface area contributed by atoms with Crippen LogP contribution in [0.1, 0.15) is 24.1 Å². The van der Waals surface area contributed by atoms with Crippen molar-refractivity contribution in [2.45, 2.75) is 13.0 Å². The molecule has 1 aromatic heterocycles. The van der Waals surface area contributed by atoms with Crippen LogP contribution in [0.15, 0.2) is 66.2 Å². The van der Waals surface area contributed by atoms with E-state index in [0.717, 1.165) is 4.70 Å². The summed E-state index contributed by atoms with van der Waals surface area (Å²) in [6, 6.07) is 15.2. The monoisotopic (exact) mass is 536 g/mol. The number of thiazole rings is 1. The zero-order valence-corrected chi connectivity index (χ0v) is 21.3. The van der Waals surface area contributed by atoms with Crippen molar-refractivity contribution in [2.24, 2.45) is 0 Å². The highest BCUT2D eigenvalue weighted by Crippen LogP contribution is 2.46. The number of Topliss-reactive ketones (excluding diaryl/α,β-unsaturated/α-hetero) is 1. The number of methoxy groups -OCH3 is 1. The molecule has 0 aliphatic carbocycles. The third-order valence-electron chi connectivity index (χ3n) is 5.95. The minimum Gasteiger partial charge on any atom is -0.507 e. The number of rotatable bonds is 6. The third-order valence-corrected chi connectivity index (χ3v) is 7.20. The molecule has 8 nitrogen and oxygen atoms in total. The van der Waals surface area contributed by atoms with Crippen molar-refractivity contribution >= 4 is 55.7 Å². The number of carbonyl (C=O) groups excluding carboxylic acids is 2. The molecule has 3 aromatic carbocycles. The van der Waals surface area contributed by atoms with Gasteiger partial charge in [0.2, 0.25) is 0 Å². The van der Waals surface area contributed by atoms with Crippen molar-refractivity contribution in [3.8, 4) is 17.2 Å². The molecule has 37 heavy (non-hydrogen) atoms. The van der Waals surface area contributed by atoms with Gasteiger partial charge in [0.15, 0.2) is 16.6 Å². The second kappa shape index (κ2) is 9.76. The molecular formula is C27H21ClN2O6S. The Kier molecular flexibility index (Phi) is 6.49. The fraction of sp³-hybridized carbons (Fsp3) is 0.148. The molecule has 1 unspecified atom stereocenters. The van der Waals surface area contributed by atoms with E-state index >= 15 is 0 Å². The molecule has 2 heterocycles. The summed E-state index contributed by atoms with van der Waals surface area (Å²) in [6.07, 6.45) is 0. The summed E-state index contributed by atoms with van der Waals surface area (Å²) in [7, 11) is 1.40. The van der Waals surface area contributed by atoms with Crippen LogP contribution in [0.25, 0.3) is 16.0 Å². The summed E-state index contributed by atoms with van der Waals surface area (Å²) >= 11 is 7.33. The molecule has 1 fully saturated rings. The van der Waals surface area contributed by atoms with Crippen LogP contribution in [0.3, 0.4) is 0 Å². The van der Waals surface area contributed by atoms with Gasteiger partial charge in [0.05, 0.1) is 35.5 Å². The lowest BCUT2D eigenvalue weighted by Crippen LogP contribution is -2.29. The summed E-state index contributed by atoms with van der Waals surface area (Å²) in [5.74, 6) is -1.39. The number of aromatic nitrogens is 1. The van der Waals surface area contributed by atoms with Gasteiger partial charge in [-0.05, 0) is 67.1 Å². The number of phenolic OH excluding ortho intramolecular Hbond substituents is 1. The van der Waals surface area contributed by atoms with Gasteiger partial charge in [-0.15, -0.1) is 0 Å². The van der Waals surface area contributed by atoms with Crippen LogP contribution >= 0.6 is 22.9 Å². The smallest absolute Gasteiger partial charge is 0.301 e. The number of fused-ring (bicyclic) bond motifs is 1. The van der Waals surface area contributed by atoms with Crippen LogP contribution in [-0.2, 0) is 9.59 Å². The zero-order valence-electron chi connectivity index (χ0n) is 19.8. The summed E-state index contributed by atoms with van der Waals surface area (Å²) < 4.78 is 11.5. The fourth-order valence-corrected chi connectivity index (χ4v) is 5.50. The molecule has 1 atom stereocenters. The minimum atomic E-state index is -1.03. The molecule has 1 aliphatic rings. The Morgan fingerprint density at radius 1 is 1.11 bits per heavy atom. The lowest BCUT2D eigenvalue weighted by molar-refractivity contribution is -0.132. The first kappa shape index (κ1) is 24.6. The predicted molar refractivity (Wildman–Crippen MR) is 142 cm³/mol. The second-order valence-electron chi connectivity index (χ2n) is 8.17. The number of phenols is 1. The standard InChI is InChI=1S/C27H21ClN2O6S/c1-3-36-17-8-4-14(5-9-17)24(32)22-23(15-6-11-19(31)20(12-15)35-2)30(26(34)25(22)33)27-29-18-10-7-16(28)13-21(18)37-27/h4-13,23,31-32H,3H2,1-2H3. The molecule has 1 saturated heterocycles. The Morgan fingerprint density at radius 2 is 1.86 bits per heavy atom. The van der Waals surface area contributed by atoms with E-state index < -0.39 is 17.7 Å². The maximum atomic E-state index is 13.4. The van der Waals surface area contributed by atoms with Gasteiger partial charge in [0.25, 0.3) is 5.78 Å². The SMILES string of the molecule is CCOc1ccc(C(O)=C2C(=O)C(=O)N(c3nc4ccc(Cl)cc4s3)C2c2ccc(O)c(OC)c2)cc1. The number of ether oxygens (including phenoxy) is 2. The van der Waals surface area contributed by atoms with Crippen LogP contribution in [0.5, 0.6) is 17.2 Å². The molecule has 0 radical (unpaired) electrons. The van der Waals surface area contributed by atoms with Gasteiger partial charge in [-0.1, -0.05) is 29.0 Å². The van der Waals surface area contributed by atoms with Gasteiger partial charge in [-0.3, -0.25) is 14.5 Å². The normalized spacial score (nSPS) is 16.9. The summed E-state index contributed by atoms with van der Waals surface area (Å²) in [6.45, 7) is 2.34. The van der Waals surface area contributed by atoms with Crippen LogP contribution in [0.4, 0.5) is 5.13 Å².